The van der Waals surface area contributed by atoms with E-state index in [4.69, 9.17) is 21.3 Å². The summed E-state index contributed by atoms with van der Waals surface area (Å²) in [6.45, 7) is 6.89. The molecule has 0 spiro atoms. The second kappa shape index (κ2) is 8.73. The van der Waals surface area contributed by atoms with Crippen molar-refractivity contribution in [2.45, 2.75) is 26.9 Å². The second-order valence-corrected chi connectivity index (χ2v) is 8.71. The molecule has 1 fully saturated rings. The van der Waals surface area contributed by atoms with Gasteiger partial charge in [-0.15, -0.1) is 0 Å². The third-order valence-corrected chi connectivity index (χ3v) is 6.22. The number of morpholine rings is 1. The zero-order valence-electron chi connectivity index (χ0n) is 18.9. The Balaban J connectivity index is 1.66. The van der Waals surface area contributed by atoms with Crippen LogP contribution in [0.2, 0.25) is 5.02 Å². The highest BCUT2D eigenvalue weighted by Gasteiger charge is 2.26. The van der Waals surface area contributed by atoms with Crippen molar-refractivity contribution in [1.82, 2.24) is 24.3 Å². The Kier molecular flexibility index (Phi) is 5.75. The molecule has 3 aromatic heterocycles. The summed E-state index contributed by atoms with van der Waals surface area (Å²) in [4.78, 5) is 33.1. The zero-order valence-corrected chi connectivity index (χ0v) is 19.7. The number of aryl methyl sites for hydroxylation is 2. The molecule has 0 radical (unpaired) electrons. The Hall–Kier alpha value is -3.43. The maximum Gasteiger partial charge on any atom is 0.262 e. The number of fused-ring (bicyclic) bond motifs is 1. The number of aromatic nitrogens is 5. The van der Waals surface area contributed by atoms with Crippen molar-refractivity contribution in [3.63, 3.8) is 0 Å². The monoisotopic (exact) mass is 480 g/mol. The molecule has 1 atom stereocenters. The van der Waals surface area contributed by atoms with Gasteiger partial charge in [0.25, 0.3) is 5.56 Å². The average Bonchev–Trinajstić information content (AvgIpc) is 2.82. The summed E-state index contributed by atoms with van der Waals surface area (Å²) < 4.78 is 22.3. The molecular formula is C24H22ClFN6O2. The van der Waals surface area contributed by atoms with Crippen LogP contribution in [0.3, 0.4) is 0 Å². The van der Waals surface area contributed by atoms with Crippen LogP contribution in [0.1, 0.15) is 28.7 Å². The topological polar surface area (TPSA) is 85.5 Å². The molecule has 1 aromatic carbocycles. The maximum absolute atomic E-state index is 15.0. The van der Waals surface area contributed by atoms with Crippen molar-refractivity contribution in [2.75, 3.05) is 24.6 Å². The number of anilines is 1. The van der Waals surface area contributed by atoms with Crippen molar-refractivity contribution in [2.24, 2.45) is 0 Å². The van der Waals surface area contributed by atoms with Gasteiger partial charge >= 0.3 is 0 Å². The molecule has 0 N–H and O–H groups in total. The van der Waals surface area contributed by atoms with E-state index in [2.05, 4.69) is 15.0 Å². The van der Waals surface area contributed by atoms with Crippen LogP contribution in [0, 0.1) is 26.6 Å². The van der Waals surface area contributed by atoms with E-state index < -0.39 is 5.82 Å². The van der Waals surface area contributed by atoms with Crippen molar-refractivity contribution >= 4 is 23.1 Å². The van der Waals surface area contributed by atoms with Gasteiger partial charge in [0.1, 0.15) is 29.7 Å². The molecule has 5 rings (SSSR count). The van der Waals surface area contributed by atoms with Gasteiger partial charge in [0.05, 0.1) is 24.4 Å². The Labute approximate surface area is 200 Å². The number of hydrogen-bond acceptors (Lipinski definition) is 7. The van der Waals surface area contributed by atoms with Crippen LogP contribution in [-0.4, -0.2) is 44.0 Å². The van der Waals surface area contributed by atoms with Crippen molar-refractivity contribution < 1.29 is 9.13 Å². The minimum atomic E-state index is -0.570. The smallest absolute Gasteiger partial charge is 0.262 e. The van der Waals surface area contributed by atoms with Crippen LogP contribution in [0.5, 0.6) is 0 Å². The van der Waals surface area contributed by atoms with Crippen LogP contribution in [0.25, 0.3) is 17.0 Å². The number of benzene rings is 1. The molecule has 1 aliphatic heterocycles. The largest absolute Gasteiger partial charge is 0.368 e. The van der Waals surface area contributed by atoms with Crippen LogP contribution < -0.4 is 10.5 Å². The molecule has 174 valence electrons. The van der Waals surface area contributed by atoms with Gasteiger partial charge in [-0.1, -0.05) is 11.6 Å². The Bertz CT molecular complexity index is 1470. The second-order valence-electron chi connectivity index (χ2n) is 8.27. The van der Waals surface area contributed by atoms with E-state index in [0.717, 1.165) is 11.4 Å². The van der Waals surface area contributed by atoms with E-state index in [1.165, 1.54) is 22.9 Å². The quantitative estimate of drug-likeness (QED) is 0.440. The minimum Gasteiger partial charge on any atom is -0.368 e. The first-order valence-corrected chi connectivity index (χ1v) is 11.2. The van der Waals surface area contributed by atoms with Crippen molar-refractivity contribution in [1.29, 1.82) is 0 Å². The lowest BCUT2D eigenvalue weighted by molar-refractivity contribution is 0.0366. The first kappa shape index (κ1) is 22.4. The van der Waals surface area contributed by atoms with Gasteiger partial charge in [-0.05, 0) is 45.0 Å². The number of nitrogens with zero attached hydrogens (tertiary/aromatic N) is 6. The Morgan fingerprint density at radius 2 is 1.94 bits per heavy atom. The highest BCUT2D eigenvalue weighted by atomic mass is 35.5. The third kappa shape index (κ3) is 4.01. The van der Waals surface area contributed by atoms with Crippen LogP contribution in [-0.2, 0) is 4.74 Å². The maximum atomic E-state index is 15.0. The summed E-state index contributed by atoms with van der Waals surface area (Å²) in [6.07, 6.45) is 1.24. The van der Waals surface area contributed by atoms with Gasteiger partial charge in [0, 0.05) is 34.6 Å². The molecule has 0 amide bonds. The molecule has 4 aromatic rings. The molecule has 0 bridgehead atoms. The van der Waals surface area contributed by atoms with Gasteiger partial charge in [0.2, 0.25) is 0 Å². The molecule has 1 saturated heterocycles. The molecule has 0 saturated carbocycles. The number of ether oxygens (including phenoxy) is 1. The van der Waals surface area contributed by atoms with E-state index in [1.54, 1.807) is 26.0 Å². The number of halogens is 2. The predicted octanol–water partition coefficient (Wildman–Crippen LogP) is 3.84. The fourth-order valence-electron chi connectivity index (χ4n) is 4.04. The van der Waals surface area contributed by atoms with E-state index in [0.29, 0.717) is 42.4 Å². The Morgan fingerprint density at radius 1 is 1.12 bits per heavy atom. The molecule has 4 heterocycles. The fourth-order valence-corrected chi connectivity index (χ4v) is 4.20. The first-order chi connectivity index (χ1) is 16.3. The average molecular weight is 481 g/mol. The lowest BCUT2D eigenvalue weighted by atomic mass is 10.1. The van der Waals surface area contributed by atoms with E-state index in [-0.39, 0.29) is 28.1 Å². The summed E-state index contributed by atoms with van der Waals surface area (Å²) >= 11 is 5.96. The minimum absolute atomic E-state index is 0.166. The van der Waals surface area contributed by atoms with E-state index in [1.807, 2.05) is 17.9 Å². The third-order valence-electron chi connectivity index (χ3n) is 5.99. The van der Waals surface area contributed by atoms with E-state index in [9.17, 15) is 9.18 Å². The molecule has 34 heavy (non-hydrogen) atoms. The van der Waals surface area contributed by atoms with Crippen molar-refractivity contribution in [3.05, 3.63) is 80.5 Å². The standard InChI is InChI=1S/C24H22ClFN6O2/c1-13-8-19(28-12-27-13)20-11-31(6-7-34-20)21-10-22-29-15(3)14(2)24(33)32(22)23(30-21)17-5-4-16(25)9-18(17)26/h4-5,8-10,12,20H,6-7,11H2,1-3H3. The van der Waals surface area contributed by atoms with Crippen LogP contribution in [0.4, 0.5) is 10.2 Å². The zero-order chi connectivity index (χ0) is 24.0. The normalized spacial score (nSPS) is 16.3. The lowest BCUT2D eigenvalue weighted by Gasteiger charge is -2.33. The molecule has 8 nitrogen and oxygen atoms in total. The predicted molar refractivity (Wildman–Crippen MR) is 127 cm³/mol. The van der Waals surface area contributed by atoms with E-state index >= 15 is 0 Å². The van der Waals surface area contributed by atoms with Crippen LogP contribution in [0.15, 0.2) is 41.5 Å². The van der Waals surface area contributed by atoms with Crippen LogP contribution >= 0.6 is 11.6 Å². The van der Waals surface area contributed by atoms with Gasteiger partial charge in [-0.3, -0.25) is 4.79 Å². The Morgan fingerprint density at radius 3 is 2.71 bits per heavy atom. The summed E-state index contributed by atoms with van der Waals surface area (Å²) in [5.41, 5.74) is 2.99. The lowest BCUT2D eigenvalue weighted by Crippen LogP contribution is -2.39. The summed E-state index contributed by atoms with van der Waals surface area (Å²) in [7, 11) is 0. The molecule has 1 unspecified atom stereocenters. The van der Waals surface area contributed by atoms with Gasteiger partial charge < -0.3 is 9.64 Å². The van der Waals surface area contributed by atoms with Gasteiger partial charge in [0.15, 0.2) is 5.82 Å². The molecule has 0 aliphatic carbocycles. The summed E-state index contributed by atoms with van der Waals surface area (Å²) in [6, 6.07) is 7.94. The number of rotatable bonds is 3. The number of hydrogen-bond donors (Lipinski definition) is 0. The fraction of sp³-hybridized carbons (Fsp3) is 0.292. The van der Waals surface area contributed by atoms with Gasteiger partial charge in [-0.2, -0.15) is 0 Å². The molecule has 1 aliphatic rings. The summed E-state index contributed by atoms with van der Waals surface area (Å²) in [5, 5.41) is 0.260. The molecular weight excluding hydrogens is 459 g/mol. The van der Waals surface area contributed by atoms with Gasteiger partial charge in [-0.25, -0.2) is 28.7 Å². The molecule has 10 heteroatoms. The highest BCUT2D eigenvalue weighted by Crippen LogP contribution is 2.29. The van der Waals surface area contributed by atoms with Crippen molar-refractivity contribution in [3.8, 4) is 11.4 Å². The summed E-state index contributed by atoms with van der Waals surface area (Å²) in [5.74, 6) is 0.168. The first-order valence-electron chi connectivity index (χ1n) is 10.8. The highest BCUT2D eigenvalue weighted by molar-refractivity contribution is 6.30. The SMILES string of the molecule is Cc1cc(C2CN(c3cc4nc(C)c(C)c(=O)n4c(-c4ccc(Cl)cc4F)n3)CCO2)ncn1.